The average molecular weight is 270 g/mol. The number of nitrogens with one attached hydrogen (secondary N) is 1. The number of phenols is 1. The van der Waals surface area contributed by atoms with Gasteiger partial charge in [0.05, 0.1) is 11.4 Å². The molecule has 0 radical (unpaired) electrons. The zero-order valence-corrected chi connectivity index (χ0v) is 10.8. The number of aromatic hydroxyl groups is 1. The molecule has 0 unspecified atom stereocenters. The van der Waals surface area contributed by atoms with Crippen molar-refractivity contribution in [1.29, 1.82) is 0 Å². The first-order valence-corrected chi connectivity index (χ1v) is 6.23. The van der Waals surface area contributed by atoms with Gasteiger partial charge < -0.3 is 15.2 Å². The average Bonchev–Trinajstić information content (AvgIpc) is 2.73. The third-order valence-corrected chi connectivity index (χ3v) is 3.51. The summed E-state index contributed by atoms with van der Waals surface area (Å²) in [5.74, 6) is 0.594. The van der Waals surface area contributed by atoms with Crippen LogP contribution in [0.4, 0.5) is 5.69 Å². The summed E-state index contributed by atoms with van der Waals surface area (Å²) in [5, 5.41) is 12.8. The topological polar surface area (TPSA) is 41.5 Å². The molecule has 0 aliphatic heterocycles. The molecule has 1 aromatic heterocycles. The molecule has 2 N–H and O–H groups in total. The highest BCUT2D eigenvalue weighted by Gasteiger charge is 2.03. The van der Waals surface area contributed by atoms with Crippen LogP contribution in [0.3, 0.4) is 0 Å². The van der Waals surface area contributed by atoms with Crippen LogP contribution < -0.4 is 10.1 Å². The Hall–Kier alpha value is -1.39. The Kier molecular flexibility index (Phi) is 3.76. The second-order valence-electron chi connectivity index (χ2n) is 3.45. The van der Waals surface area contributed by atoms with E-state index < -0.39 is 0 Å². The minimum absolute atomic E-state index is 0.127. The Balaban J connectivity index is 2.02. The molecule has 0 spiro atoms. The number of hydrogen-bond donors (Lipinski definition) is 2. The largest absolute Gasteiger partial charge is 0.504 e. The minimum atomic E-state index is 0.127. The van der Waals surface area contributed by atoms with Gasteiger partial charge in [-0.2, -0.15) is 0 Å². The fraction of sp³-hybridized carbons (Fsp3) is 0.167. The second-order valence-corrected chi connectivity index (χ2v) is 5.25. The first kappa shape index (κ1) is 12.1. The van der Waals surface area contributed by atoms with Crippen LogP contribution in [-0.4, -0.2) is 12.2 Å². The summed E-state index contributed by atoms with van der Waals surface area (Å²) in [6.07, 6.45) is 0. The predicted octanol–water partition coefficient (Wildman–Crippen LogP) is 3.73. The number of thiophene rings is 1. The molecule has 5 heteroatoms. The highest BCUT2D eigenvalue weighted by molar-refractivity contribution is 7.16. The van der Waals surface area contributed by atoms with Crippen molar-refractivity contribution >= 4 is 28.6 Å². The number of rotatable bonds is 4. The summed E-state index contributed by atoms with van der Waals surface area (Å²) in [4.78, 5) is 1.14. The fourth-order valence-corrected chi connectivity index (χ4v) is 2.46. The van der Waals surface area contributed by atoms with E-state index in [4.69, 9.17) is 16.3 Å². The lowest BCUT2D eigenvalue weighted by molar-refractivity contribution is 0.373. The van der Waals surface area contributed by atoms with Gasteiger partial charge in [0.2, 0.25) is 0 Å². The van der Waals surface area contributed by atoms with Crippen LogP contribution in [0, 0.1) is 0 Å². The molecule has 3 nitrogen and oxygen atoms in total. The number of methoxy groups -OCH3 is 1. The first-order chi connectivity index (χ1) is 8.19. The number of benzene rings is 1. The van der Waals surface area contributed by atoms with E-state index in [2.05, 4.69) is 5.32 Å². The predicted molar refractivity (Wildman–Crippen MR) is 71.3 cm³/mol. The third-order valence-electron chi connectivity index (χ3n) is 2.27. The van der Waals surface area contributed by atoms with Gasteiger partial charge in [0.1, 0.15) is 0 Å². The molecule has 0 atom stereocenters. The van der Waals surface area contributed by atoms with Crippen LogP contribution in [0.2, 0.25) is 4.34 Å². The molecule has 2 aromatic rings. The van der Waals surface area contributed by atoms with E-state index in [1.165, 1.54) is 18.4 Å². The normalized spacial score (nSPS) is 10.2. The molecule has 0 bridgehead atoms. The van der Waals surface area contributed by atoms with Crippen LogP contribution in [-0.2, 0) is 6.54 Å². The van der Waals surface area contributed by atoms with Crippen molar-refractivity contribution in [2.75, 3.05) is 12.4 Å². The van der Waals surface area contributed by atoms with Crippen LogP contribution in [0.15, 0.2) is 30.3 Å². The SMILES string of the molecule is COc1ccc(NCc2ccc(Cl)s2)cc1O. The number of hydrogen-bond acceptors (Lipinski definition) is 4. The lowest BCUT2D eigenvalue weighted by Gasteiger charge is -2.07. The quantitative estimate of drug-likeness (QED) is 0.889. The molecule has 1 aromatic carbocycles. The van der Waals surface area contributed by atoms with E-state index in [9.17, 15) is 5.11 Å². The van der Waals surface area contributed by atoms with Gasteiger partial charge in [-0.25, -0.2) is 0 Å². The lowest BCUT2D eigenvalue weighted by Crippen LogP contribution is -1.97. The highest BCUT2D eigenvalue weighted by Crippen LogP contribution is 2.29. The molecule has 90 valence electrons. The number of anilines is 1. The maximum Gasteiger partial charge on any atom is 0.160 e. The van der Waals surface area contributed by atoms with Gasteiger partial charge in [-0.1, -0.05) is 11.6 Å². The summed E-state index contributed by atoms with van der Waals surface area (Å²) in [7, 11) is 1.52. The summed E-state index contributed by atoms with van der Waals surface area (Å²) < 4.78 is 5.75. The maximum absolute atomic E-state index is 9.61. The van der Waals surface area contributed by atoms with Crippen molar-refractivity contribution in [2.24, 2.45) is 0 Å². The smallest absolute Gasteiger partial charge is 0.160 e. The molecular weight excluding hydrogens is 258 g/mol. The Labute approximate surface area is 109 Å². The van der Waals surface area contributed by atoms with Gasteiger partial charge in [0.15, 0.2) is 11.5 Å². The molecule has 2 rings (SSSR count). The maximum atomic E-state index is 9.61. The first-order valence-electron chi connectivity index (χ1n) is 5.04. The molecule has 0 saturated heterocycles. The van der Waals surface area contributed by atoms with Crippen molar-refractivity contribution in [3.8, 4) is 11.5 Å². The number of halogens is 1. The van der Waals surface area contributed by atoms with Gasteiger partial charge in [-0.05, 0) is 24.3 Å². The number of ether oxygens (including phenoxy) is 1. The molecule has 0 aliphatic rings. The van der Waals surface area contributed by atoms with Crippen molar-refractivity contribution in [3.63, 3.8) is 0 Å². The van der Waals surface area contributed by atoms with Crippen molar-refractivity contribution in [1.82, 2.24) is 0 Å². The second kappa shape index (κ2) is 5.29. The monoisotopic (exact) mass is 269 g/mol. The van der Waals surface area contributed by atoms with Gasteiger partial charge in [0.25, 0.3) is 0 Å². The molecule has 0 saturated carbocycles. The Morgan fingerprint density at radius 1 is 1.35 bits per heavy atom. The van der Waals surface area contributed by atoms with Gasteiger partial charge in [-0.3, -0.25) is 0 Å². The Morgan fingerprint density at radius 2 is 2.18 bits per heavy atom. The highest BCUT2D eigenvalue weighted by atomic mass is 35.5. The standard InChI is InChI=1S/C12H12ClNO2S/c1-16-11-4-2-8(6-10(11)15)14-7-9-3-5-12(13)17-9/h2-6,14-15H,7H2,1H3. The molecule has 17 heavy (non-hydrogen) atoms. The summed E-state index contributed by atoms with van der Waals surface area (Å²) in [6, 6.07) is 9.05. The van der Waals surface area contributed by atoms with E-state index in [1.54, 1.807) is 12.1 Å². The molecule has 0 aliphatic carbocycles. The van der Waals surface area contributed by atoms with E-state index >= 15 is 0 Å². The molecular formula is C12H12ClNO2S. The van der Waals surface area contributed by atoms with Crippen LogP contribution in [0.1, 0.15) is 4.88 Å². The van der Waals surface area contributed by atoms with Crippen molar-refractivity contribution in [3.05, 3.63) is 39.5 Å². The van der Waals surface area contributed by atoms with Gasteiger partial charge in [-0.15, -0.1) is 11.3 Å². The Bertz CT molecular complexity index is 513. The zero-order valence-electron chi connectivity index (χ0n) is 9.24. The molecule has 1 heterocycles. The molecule has 0 fully saturated rings. The molecule has 0 amide bonds. The van der Waals surface area contributed by atoms with Crippen LogP contribution in [0.25, 0.3) is 0 Å². The third kappa shape index (κ3) is 3.05. The summed E-state index contributed by atoms with van der Waals surface area (Å²) in [6.45, 7) is 0.684. The fourth-order valence-electron chi connectivity index (χ4n) is 1.44. The van der Waals surface area contributed by atoms with Crippen molar-refractivity contribution < 1.29 is 9.84 Å². The van der Waals surface area contributed by atoms with Crippen LogP contribution >= 0.6 is 22.9 Å². The van der Waals surface area contributed by atoms with E-state index in [0.717, 1.165) is 14.9 Å². The van der Waals surface area contributed by atoms with E-state index in [-0.39, 0.29) is 5.75 Å². The Morgan fingerprint density at radius 3 is 2.76 bits per heavy atom. The van der Waals surface area contributed by atoms with Gasteiger partial charge >= 0.3 is 0 Å². The summed E-state index contributed by atoms with van der Waals surface area (Å²) >= 11 is 7.38. The summed E-state index contributed by atoms with van der Waals surface area (Å²) in [5.41, 5.74) is 0.841. The van der Waals surface area contributed by atoms with Crippen LogP contribution in [0.5, 0.6) is 11.5 Å². The minimum Gasteiger partial charge on any atom is -0.504 e. The van der Waals surface area contributed by atoms with E-state index in [0.29, 0.717) is 12.3 Å². The number of phenolic OH excluding ortho intramolecular Hbond substituents is 1. The lowest BCUT2D eigenvalue weighted by atomic mass is 10.2. The zero-order chi connectivity index (χ0) is 12.3. The van der Waals surface area contributed by atoms with Crippen molar-refractivity contribution in [2.45, 2.75) is 6.54 Å². The van der Waals surface area contributed by atoms with E-state index in [1.807, 2.05) is 18.2 Å². The van der Waals surface area contributed by atoms with Gasteiger partial charge in [0, 0.05) is 23.2 Å².